The average molecular weight is 151 g/mol. The van der Waals surface area contributed by atoms with E-state index in [2.05, 4.69) is 0 Å². The number of carboxylic acid groups (broad SMARTS) is 1. The van der Waals surface area contributed by atoms with Crippen molar-refractivity contribution in [1.82, 2.24) is 0 Å². The smallest absolute Gasteiger partial charge is 0.178 e. The minimum Gasteiger partial charge on any atom is -0.550 e. The van der Waals surface area contributed by atoms with E-state index in [9.17, 15) is 9.90 Å². The molecular formula is C5H13NO4. The second-order valence-corrected chi connectivity index (χ2v) is 1.38. The fraction of sp³-hybridized carbons (Fsp3) is 0.800. The minimum absolute atomic E-state index is 0.0312. The van der Waals surface area contributed by atoms with E-state index < -0.39 is 5.97 Å². The van der Waals surface area contributed by atoms with Crippen LogP contribution in [0.3, 0.4) is 0 Å². The monoisotopic (exact) mass is 151 g/mol. The molecule has 0 unspecified atom stereocenters. The van der Waals surface area contributed by atoms with Crippen molar-refractivity contribution < 1.29 is 25.4 Å². The van der Waals surface area contributed by atoms with Gasteiger partial charge in [-0.1, -0.05) is 6.92 Å². The average Bonchev–Trinajstić information content (AvgIpc) is 1.91. The molecule has 0 aromatic heterocycles. The van der Waals surface area contributed by atoms with Crippen LogP contribution in [-0.4, -0.2) is 29.6 Å². The van der Waals surface area contributed by atoms with Crippen molar-refractivity contribution in [3.63, 3.8) is 0 Å². The molecule has 5 nitrogen and oxygen atoms in total. The number of hydrogen-bond acceptors (Lipinski definition) is 4. The number of hydrogen-bond donors (Lipinski definition) is 3. The molecule has 10 heavy (non-hydrogen) atoms. The van der Waals surface area contributed by atoms with Crippen LogP contribution in [0.1, 0.15) is 13.3 Å². The molecule has 0 rings (SSSR count). The molecule has 0 saturated heterocycles. The maximum absolute atomic E-state index is 9.26. The topological polar surface area (TPSA) is 97.2 Å². The third-order valence-corrected chi connectivity index (χ3v) is 0.547. The predicted molar refractivity (Wildman–Crippen MR) is 31.4 cm³/mol. The Kier molecular flexibility index (Phi) is 13.5. The summed E-state index contributed by atoms with van der Waals surface area (Å²) in [7, 11) is 0. The molecule has 5 heteroatoms. The van der Waals surface area contributed by atoms with Crippen molar-refractivity contribution in [3.8, 4) is 0 Å². The van der Waals surface area contributed by atoms with Crippen molar-refractivity contribution in [2.75, 3.05) is 13.5 Å². The normalized spacial score (nSPS) is 7.90. The Morgan fingerprint density at radius 3 is 1.80 bits per heavy atom. The summed E-state index contributed by atoms with van der Waals surface area (Å²) < 4.78 is 0. The highest BCUT2D eigenvalue weighted by atomic mass is 16.4. The highest BCUT2D eigenvalue weighted by Crippen LogP contribution is 1.61. The van der Waals surface area contributed by atoms with Crippen LogP contribution in [0.2, 0.25) is 0 Å². The van der Waals surface area contributed by atoms with Crippen molar-refractivity contribution in [1.29, 1.82) is 0 Å². The molecule has 0 aromatic carbocycles. The molecule has 0 aliphatic rings. The lowest BCUT2D eigenvalue weighted by atomic mass is 10.5. The number of aliphatic carboxylic acids is 1. The van der Waals surface area contributed by atoms with Crippen molar-refractivity contribution in [2.24, 2.45) is 0 Å². The fourth-order valence-corrected chi connectivity index (χ4v) is 0.0577. The number of carboxylic acids is 1. The van der Waals surface area contributed by atoms with Gasteiger partial charge in [-0.2, -0.15) is 0 Å². The van der Waals surface area contributed by atoms with Gasteiger partial charge in [0.15, 0.2) is 13.5 Å². The zero-order valence-corrected chi connectivity index (χ0v) is 5.91. The van der Waals surface area contributed by atoms with Crippen LogP contribution in [-0.2, 0) is 4.79 Å². The molecule has 0 spiro atoms. The van der Waals surface area contributed by atoms with Crippen LogP contribution < -0.4 is 10.4 Å². The summed E-state index contributed by atoms with van der Waals surface area (Å²) in [6.07, 6.45) is 0.111. The van der Waals surface area contributed by atoms with Crippen molar-refractivity contribution in [3.05, 3.63) is 0 Å². The predicted octanol–water partition coefficient (Wildman–Crippen LogP) is -3.40. The summed E-state index contributed by atoms with van der Waals surface area (Å²) in [4.78, 5) is 9.26. The first-order valence-electron chi connectivity index (χ1n) is 2.92. The van der Waals surface area contributed by atoms with Gasteiger partial charge in [-0.25, -0.2) is 0 Å². The summed E-state index contributed by atoms with van der Waals surface area (Å²) in [5.74, 6) is -0.995. The van der Waals surface area contributed by atoms with Gasteiger partial charge in [0.05, 0.1) is 0 Å². The third-order valence-electron chi connectivity index (χ3n) is 0.547. The number of carbonyl (C=O) groups excluding carboxylic acids is 1. The second kappa shape index (κ2) is 11.2. The Bertz CT molecular complexity index is 74.0. The number of nitrogens with two attached hydrogens (primary N) is 1. The van der Waals surface area contributed by atoms with Gasteiger partial charge in [-0.15, -0.1) is 0 Å². The summed E-state index contributed by atoms with van der Waals surface area (Å²) >= 11 is 0. The van der Waals surface area contributed by atoms with E-state index in [0.717, 1.165) is 0 Å². The highest BCUT2D eigenvalue weighted by Gasteiger charge is 1.68. The molecule has 62 valence electrons. The number of aliphatic hydroxyl groups is 2. The first-order chi connectivity index (χ1) is 4.68. The van der Waals surface area contributed by atoms with Crippen LogP contribution in [0, 0.1) is 0 Å². The van der Waals surface area contributed by atoms with E-state index in [-0.39, 0.29) is 19.9 Å². The van der Waals surface area contributed by atoms with Gasteiger partial charge in [0, 0.05) is 5.97 Å². The Morgan fingerprint density at radius 2 is 1.80 bits per heavy atom. The molecule has 0 heterocycles. The maximum atomic E-state index is 9.26. The van der Waals surface area contributed by atoms with Gasteiger partial charge >= 0.3 is 0 Å². The highest BCUT2D eigenvalue weighted by molar-refractivity contribution is 5.63. The lowest BCUT2D eigenvalue weighted by Crippen LogP contribution is -2.84. The van der Waals surface area contributed by atoms with Crippen molar-refractivity contribution >= 4 is 5.97 Å². The molecule has 0 aromatic rings. The van der Waals surface area contributed by atoms with E-state index >= 15 is 0 Å². The lowest BCUT2D eigenvalue weighted by molar-refractivity contribution is -0.710. The van der Waals surface area contributed by atoms with Gasteiger partial charge in [0.25, 0.3) is 0 Å². The summed E-state index contributed by atoms with van der Waals surface area (Å²) in [5.41, 5.74) is 0. The Labute approximate surface area is 59.3 Å². The van der Waals surface area contributed by atoms with Crippen LogP contribution in [0.15, 0.2) is 0 Å². The largest absolute Gasteiger partial charge is 0.550 e. The lowest BCUT2D eigenvalue weighted by Gasteiger charge is -1.87. The number of rotatable bonds is 3. The zero-order chi connectivity index (χ0) is 8.41. The summed E-state index contributed by atoms with van der Waals surface area (Å²) in [6.45, 7) is 1.47. The first kappa shape index (κ1) is 12.1. The standard InChI is InChI=1S/C3H6O2.C2H7NO2/c1-2-3(4)5;4-1-3-2-5/h2H2,1H3,(H,4,5);3-5H,1-2H2. The van der Waals surface area contributed by atoms with Crippen LogP contribution in [0.5, 0.6) is 0 Å². The molecule has 0 aliphatic carbocycles. The van der Waals surface area contributed by atoms with E-state index in [4.69, 9.17) is 10.2 Å². The zero-order valence-electron chi connectivity index (χ0n) is 5.91. The third kappa shape index (κ3) is 26.4. The SMILES string of the molecule is CCC(=O)[O-].OC[NH2+]CO. The molecule has 0 fully saturated rings. The Morgan fingerprint density at radius 1 is 1.50 bits per heavy atom. The Hall–Kier alpha value is -0.650. The van der Waals surface area contributed by atoms with Crippen molar-refractivity contribution in [2.45, 2.75) is 13.3 Å². The Balaban J connectivity index is 0. The molecule has 0 aliphatic heterocycles. The van der Waals surface area contributed by atoms with Gasteiger partial charge < -0.3 is 25.4 Å². The van der Waals surface area contributed by atoms with E-state index in [0.29, 0.717) is 0 Å². The van der Waals surface area contributed by atoms with E-state index in [1.54, 1.807) is 0 Å². The molecule has 0 radical (unpaired) electrons. The van der Waals surface area contributed by atoms with E-state index in [1.165, 1.54) is 12.2 Å². The molecule has 0 amide bonds. The molecule has 0 atom stereocenters. The molecule has 4 N–H and O–H groups in total. The number of aliphatic hydroxyl groups excluding tert-OH is 2. The maximum Gasteiger partial charge on any atom is 0.178 e. The molecular weight excluding hydrogens is 138 g/mol. The van der Waals surface area contributed by atoms with Crippen LogP contribution in [0.25, 0.3) is 0 Å². The van der Waals surface area contributed by atoms with Crippen LogP contribution >= 0.6 is 0 Å². The fourth-order valence-electron chi connectivity index (χ4n) is 0.0577. The quantitative estimate of drug-likeness (QED) is 0.366. The molecule has 0 saturated carbocycles. The number of quaternary nitrogens is 1. The van der Waals surface area contributed by atoms with Gasteiger partial charge in [-0.3, -0.25) is 0 Å². The summed E-state index contributed by atoms with van der Waals surface area (Å²) in [5, 5.41) is 26.3. The minimum atomic E-state index is -0.995. The first-order valence-corrected chi connectivity index (χ1v) is 2.92. The van der Waals surface area contributed by atoms with Gasteiger partial charge in [-0.05, 0) is 6.42 Å². The van der Waals surface area contributed by atoms with Crippen LogP contribution in [0.4, 0.5) is 0 Å². The summed E-state index contributed by atoms with van der Waals surface area (Å²) in [6, 6.07) is 0. The molecule has 0 bridgehead atoms. The van der Waals surface area contributed by atoms with Gasteiger partial charge in [0.1, 0.15) is 0 Å². The van der Waals surface area contributed by atoms with Gasteiger partial charge in [0.2, 0.25) is 0 Å². The van der Waals surface area contributed by atoms with E-state index in [1.807, 2.05) is 0 Å². The second-order valence-electron chi connectivity index (χ2n) is 1.38. The number of carbonyl (C=O) groups is 1.